The Morgan fingerprint density at radius 2 is 1.95 bits per heavy atom. The second-order valence-corrected chi connectivity index (χ2v) is 5.71. The molecule has 6 heteroatoms. The van der Waals surface area contributed by atoms with Crippen molar-refractivity contribution in [2.75, 3.05) is 11.9 Å². The highest BCUT2D eigenvalue weighted by Gasteiger charge is 2.16. The van der Waals surface area contributed by atoms with E-state index in [4.69, 9.17) is 27.9 Å². The number of carbonyl (C=O) groups excluding carboxylic acids is 2. The Hall–Kier alpha value is -1.52. The minimum absolute atomic E-state index is 0.229. The monoisotopic (exact) mass is 327 g/mol. The molecule has 0 fully saturated rings. The molecule has 0 spiro atoms. The Morgan fingerprint density at radius 3 is 2.57 bits per heavy atom. The average molecular weight is 328 g/mol. The fourth-order valence-corrected chi connectivity index (χ4v) is 2.63. The van der Waals surface area contributed by atoms with Crippen LogP contribution in [0.5, 0.6) is 0 Å². The fourth-order valence-electron chi connectivity index (χ4n) is 2.11. The van der Waals surface area contributed by atoms with Gasteiger partial charge in [0, 0.05) is 15.7 Å². The van der Waals surface area contributed by atoms with Crippen molar-refractivity contribution in [2.24, 2.45) is 5.92 Å². The summed E-state index contributed by atoms with van der Waals surface area (Å²) in [6.45, 7) is -0.320. The number of nitrogens with one attached hydrogen (secondary N) is 1. The van der Waals surface area contributed by atoms with Gasteiger partial charge in [-0.25, -0.2) is 0 Å². The van der Waals surface area contributed by atoms with Gasteiger partial charge in [-0.15, -0.1) is 0 Å². The van der Waals surface area contributed by atoms with Crippen LogP contribution in [-0.4, -0.2) is 18.5 Å². The molecule has 0 bridgehead atoms. The van der Waals surface area contributed by atoms with Crippen LogP contribution >= 0.6 is 23.2 Å². The molecule has 0 unspecified atom stereocenters. The maximum absolute atomic E-state index is 11.7. The summed E-state index contributed by atoms with van der Waals surface area (Å²) in [4.78, 5) is 23.3. The summed E-state index contributed by atoms with van der Waals surface area (Å²) in [5, 5.41) is 3.41. The number of carbonyl (C=O) groups is 2. The van der Waals surface area contributed by atoms with Crippen molar-refractivity contribution in [1.82, 2.24) is 0 Å². The van der Waals surface area contributed by atoms with E-state index in [0.29, 0.717) is 22.2 Å². The van der Waals surface area contributed by atoms with Crippen LogP contribution in [0, 0.1) is 5.92 Å². The van der Waals surface area contributed by atoms with Crippen molar-refractivity contribution >= 4 is 40.8 Å². The van der Waals surface area contributed by atoms with Gasteiger partial charge in [0.05, 0.1) is 6.42 Å². The summed E-state index contributed by atoms with van der Waals surface area (Å²) in [7, 11) is 0. The van der Waals surface area contributed by atoms with Crippen LogP contribution in [0.25, 0.3) is 0 Å². The molecule has 0 aliphatic heterocycles. The lowest BCUT2D eigenvalue weighted by Crippen LogP contribution is -2.21. The van der Waals surface area contributed by atoms with Crippen molar-refractivity contribution in [3.63, 3.8) is 0 Å². The lowest BCUT2D eigenvalue weighted by molar-refractivity contribution is -0.147. The molecule has 1 amide bonds. The van der Waals surface area contributed by atoms with Gasteiger partial charge in [-0.1, -0.05) is 35.4 Å². The first kappa shape index (κ1) is 15.9. The largest absolute Gasteiger partial charge is 0.456 e. The molecule has 1 aromatic carbocycles. The van der Waals surface area contributed by atoms with Crippen molar-refractivity contribution < 1.29 is 14.3 Å². The second kappa shape index (κ2) is 7.48. The highest BCUT2D eigenvalue weighted by Crippen LogP contribution is 2.22. The number of esters is 1. The second-order valence-electron chi connectivity index (χ2n) is 4.84. The van der Waals surface area contributed by atoms with Crippen molar-refractivity contribution in [2.45, 2.75) is 19.3 Å². The Morgan fingerprint density at radius 1 is 1.24 bits per heavy atom. The molecule has 0 saturated carbocycles. The van der Waals surface area contributed by atoms with Crippen LogP contribution in [-0.2, 0) is 14.3 Å². The quantitative estimate of drug-likeness (QED) is 0.660. The summed E-state index contributed by atoms with van der Waals surface area (Å²) < 4.78 is 4.95. The molecule has 2 rings (SSSR count). The zero-order chi connectivity index (χ0) is 15.2. The van der Waals surface area contributed by atoms with Crippen LogP contribution in [0.15, 0.2) is 30.4 Å². The molecule has 112 valence electrons. The van der Waals surface area contributed by atoms with E-state index in [9.17, 15) is 9.59 Å². The third kappa shape index (κ3) is 5.40. The number of hydrogen-bond donors (Lipinski definition) is 1. The van der Waals surface area contributed by atoms with Gasteiger partial charge in [0.15, 0.2) is 6.61 Å². The number of rotatable bonds is 5. The van der Waals surface area contributed by atoms with E-state index in [1.807, 2.05) is 12.2 Å². The van der Waals surface area contributed by atoms with Gasteiger partial charge in [0.1, 0.15) is 0 Å². The molecule has 0 saturated heterocycles. The summed E-state index contributed by atoms with van der Waals surface area (Å²) in [6.07, 6.45) is 6.33. The standard InChI is InChI=1S/C15H15Cl2NO3/c16-11-6-12(17)8-13(7-11)18-14(19)9-21-15(20)5-10-3-1-2-4-10/h1,3,6-8,10H,2,4-5,9H2,(H,18,19)/t10-/m0/s1. The summed E-state index contributed by atoms with van der Waals surface area (Å²) in [6, 6.07) is 4.70. The SMILES string of the molecule is O=C(COC(=O)C[C@H]1C=CCC1)Nc1cc(Cl)cc(Cl)c1. The molecule has 0 aromatic heterocycles. The molecule has 1 aromatic rings. The van der Waals surface area contributed by atoms with E-state index < -0.39 is 5.91 Å². The maximum atomic E-state index is 11.7. The molecule has 21 heavy (non-hydrogen) atoms. The van der Waals surface area contributed by atoms with Crippen LogP contribution in [0.2, 0.25) is 10.0 Å². The Bertz CT molecular complexity index is 552. The molecular formula is C15H15Cl2NO3. The van der Waals surface area contributed by atoms with Crippen LogP contribution in [0.3, 0.4) is 0 Å². The number of ether oxygens (including phenoxy) is 1. The van der Waals surface area contributed by atoms with E-state index in [1.54, 1.807) is 18.2 Å². The summed E-state index contributed by atoms with van der Waals surface area (Å²) >= 11 is 11.7. The number of halogens is 2. The fraction of sp³-hybridized carbons (Fsp3) is 0.333. The van der Waals surface area contributed by atoms with Gasteiger partial charge in [-0.3, -0.25) is 9.59 Å². The third-order valence-corrected chi connectivity index (χ3v) is 3.49. The van der Waals surface area contributed by atoms with E-state index in [0.717, 1.165) is 12.8 Å². The molecule has 1 N–H and O–H groups in total. The number of anilines is 1. The normalized spacial score (nSPS) is 16.8. The Balaban J connectivity index is 1.76. The predicted octanol–water partition coefficient (Wildman–Crippen LogP) is 3.83. The first-order valence-corrected chi connectivity index (χ1v) is 7.37. The smallest absolute Gasteiger partial charge is 0.306 e. The van der Waals surface area contributed by atoms with Gasteiger partial charge < -0.3 is 10.1 Å². The number of benzene rings is 1. The highest BCUT2D eigenvalue weighted by atomic mass is 35.5. The van der Waals surface area contributed by atoms with Gasteiger partial charge in [0.2, 0.25) is 0 Å². The van der Waals surface area contributed by atoms with Crippen molar-refractivity contribution in [1.29, 1.82) is 0 Å². The minimum atomic E-state index is -0.427. The van der Waals surface area contributed by atoms with Crippen molar-refractivity contribution in [3.05, 3.63) is 40.4 Å². The minimum Gasteiger partial charge on any atom is -0.456 e. The first-order chi connectivity index (χ1) is 10.0. The summed E-state index contributed by atoms with van der Waals surface area (Å²) in [5.74, 6) is -0.568. The first-order valence-electron chi connectivity index (χ1n) is 6.61. The molecule has 1 atom stereocenters. The van der Waals surface area contributed by atoms with E-state index in [-0.39, 0.29) is 18.5 Å². The Labute approximate surface area is 133 Å². The molecule has 1 aliphatic carbocycles. The van der Waals surface area contributed by atoms with Crippen molar-refractivity contribution in [3.8, 4) is 0 Å². The number of allylic oxidation sites excluding steroid dienone is 2. The zero-order valence-corrected chi connectivity index (χ0v) is 12.8. The Kier molecular flexibility index (Phi) is 5.65. The number of amides is 1. The maximum Gasteiger partial charge on any atom is 0.306 e. The average Bonchev–Trinajstić information content (AvgIpc) is 2.88. The van der Waals surface area contributed by atoms with Crippen LogP contribution < -0.4 is 5.32 Å². The summed E-state index contributed by atoms with van der Waals surface area (Å²) in [5.41, 5.74) is 0.465. The number of hydrogen-bond acceptors (Lipinski definition) is 3. The molecule has 4 nitrogen and oxygen atoms in total. The van der Waals surface area contributed by atoms with E-state index in [2.05, 4.69) is 5.32 Å². The van der Waals surface area contributed by atoms with Gasteiger partial charge in [0.25, 0.3) is 5.91 Å². The lowest BCUT2D eigenvalue weighted by atomic mass is 10.1. The van der Waals surface area contributed by atoms with E-state index in [1.165, 1.54) is 0 Å². The van der Waals surface area contributed by atoms with E-state index >= 15 is 0 Å². The van der Waals surface area contributed by atoms with Gasteiger partial charge in [-0.05, 0) is 37.0 Å². The molecule has 0 heterocycles. The van der Waals surface area contributed by atoms with Gasteiger partial charge >= 0.3 is 5.97 Å². The van der Waals surface area contributed by atoms with Crippen LogP contribution in [0.1, 0.15) is 19.3 Å². The predicted molar refractivity (Wildman–Crippen MR) is 82.5 cm³/mol. The topological polar surface area (TPSA) is 55.4 Å². The highest BCUT2D eigenvalue weighted by molar-refractivity contribution is 6.35. The zero-order valence-electron chi connectivity index (χ0n) is 11.3. The third-order valence-electron chi connectivity index (χ3n) is 3.05. The molecular weight excluding hydrogens is 313 g/mol. The van der Waals surface area contributed by atoms with Crippen LogP contribution in [0.4, 0.5) is 5.69 Å². The van der Waals surface area contributed by atoms with Gasteiger partial charge in [-0.2, -0.15) is 0 Å². The molecule has 0 radical (unpaired) electrons. The molecule has 1 aliphatic rings. The lowest BCUT2D eigenvalue weighted by Gasteiger charge is -2.09.